The van der Waals surface area contributed by atoms with Crippen molar-refractivity contribution in [3.8, 4) is 0 Å². The molecule has 1 aliphatic rings. The third-order valence-corrected chi connectivity index (χ3v) is 4.54. The van der Waals surface area contributed by atoms with Crippen LogP contribution in [0.5, 0.6) is 0 Å². The molecule has 0 bridgehead atoms. The van der Waals surface area contributed by atoms with Gasteiger partial charge < -0.3 is 5.73 Å². The lowest BCUT2D eigenvalue weighted by molar-refractivity contribution is -0.140. The smallest absolute Gasteiger partial charge is 0.329 e. The minimum absolute atomic E-state index is 0.313. The monoisotopic (exact) mass is 264 g/mol. The van der Waals surface area contributed by atoms with E-state index in [1.807, 2.05) is 0 Å². The highest BCUT2D eigenvalue weighted by Crippen LogP contribution is 2.41. The fourth-order valence-corrected chi connectivity index (χ4v) is 3.48. The third kappa shape index (κ3) is 2.47. The first-order valence-electron chi connectivity index (χ1n) is 5.71. The highest BCUT2D eigenvalue weighted by atomic mass is 32.1. The SMILES string of the molecule is NCC1(c2nc(C(F)(F)F)cs2)CCCCC1. The zero-order valence-corrected chi connectivity index (χ0v) is 10.2. The quantitative estimate of drug-likeness (QED) is 0.890. The van der Waals surface area contributed by atoms with Crippen molar-refractivity contribution in [2.45, 2.75) is 43.7 Å². The summed E-state index contributed by atoms with van der Waals surface area (Å²) in [6, 6.07) is 0. The Morgan fingerprint density at radius 2 is 1.94 bits per heavy atom. The average Bonchev–Trinajstić information content (AvgIpc) is 2.79. The molecule has 0 radical (unpaired) electrons. The molecule has 1 heterocycles. The van der Waals surface area contributed by atoms with Gasteiger partial charge in [0.2, 0.25) is 0 Å². The van der Waals surface area contributed by atoms with Gasteiger partial charge in [-0.1, -0.05) is 19.3 Å². The number of nitrogens with two attached hydrogens (primary N) is 1. The maximum absolute atomic E-state index is 12.5. The van der Waals surface area contributed by atoms with Crippen LogP contribution in [0.3, 0.4) is 0 Å². The summed E-state index contributed by atoms with van der Waals surface area (Å²) in [6.45, 7) is 0.387. The molecule has 96 valence electrons. The minimum Gasteiger partial charge on any atom is -0.329 e. The van der Waals surface area contributed by atoms with Crippen molar-refractivity contribution in [1.29, 1.82) is 0 Å². The number of rotatable bonds is 2. The average molecular weight is 264 g/mol. The molecule has 0 aliphatic heterocycles. The molecule has 1 aliphatic carbocycles. The fraction of sp³-hybridized carbons (Fsp3) is 0.727. The molecule has 0 unspecified atom stereocenters. The maximum atomic E-state index is 12.5. The van der Waals surface area contributed by atoms with Gasteiger partial charge in [-0.2, -0.15) is 13.2 Å². The second-order valence-corrected chi connectivity index (χ2v) is 5.44. The van der Waals surface area contributed by atoms with E-state index >= 15 is 0 Å². The molecule has 17 heavy (non-hydrogen) atoms. The van der Waals surface area contributed by atoms with Gasteiger partial charge in [0.15, 0.2) is 5.69 Å². The fourth-order valence-electron chi connectivity index (χ4n) is 2.38. The van der Waals surface area contributed by atoms with Crippen LogP contribution in [0.25, 0.3) is 0 Å². The topological polar surface area (TPSA) is 38.9 Å². The number of alkyl halides is 3. The van der Waals surface area contributed by atoms with Crippen molar-refractivity contribution in [2.24, 2.45) is 5.73 Å². The second kappa shape index (κ2) is 4.57. The highest BCUT2D eigenvalue weighted by Gasteiger charge is 2.39. The van der Waals surface area contributed by atoms with E-state index in [1.165, 1.54) is 0 Å². The first kappa shape index (κ1) is 12.8. The Morgan fingerprint density at radius 1 is 1.29 bits per heavy atom. The van der Waals surface area contributed by atoms with Crippen LogP contribution in [0.15, 0.2) is 5.38 Å². The van der Waals surface area contributed by atoms with Crippen molar-refractivity contribution < 1.29 is 13.2 Å². The van der Waals surface area contributed by atoms with E-state index in [0.717, 1.165) is 48.8 Å². The van der Waals surface area contributed by atoms with E-state index in [4.69, 9.17) is 5.73 Å². The third-order valence-electron chi connectivity index (χ3n) is 3.45. The Hall–Kier alpha value is -0.620. The van der Waals surface area contributed by atoms with Crippen molar-refractivity contribution in [1.82, 2.24) is 4.98 Å². The lowest BCUT2D eigenvalue weighted by atomic mass is 9.74. The molecular weight excluding hydrogens is 249 g/mol. The van der Waals surface area contributed by atoms with Gasteiger partial charge in [-0.3, -0.25) is 0 Å². The van der Waals surface area contributed by atoms with Gasteiger partial charge in [-0.05, 0) is 12.8 Å². The van der Waals surface area contributed by atoms with E-state index in [1.54, 1.807) is 0 Å². The molecular formula is C11H15F3N2S. The van der Waals surface area contributed by atoms with Gasteiger partial charge in [-0.15, -0.1) is 11.3 Å². The number of hydrogen-bond acceptors (Lipinski definition) is 3. The lowest BCUT2D eigenvalue weighted by Gasteiger charge is -2.34. The molecule has 2 nitrogen and oxygen atoms in total. The Kier molecular flexibility index (Phi) is 3.45. The van der Waals surface area contributed by atoms with Crippen molar-refractivity contribution in [2.75, 3.05) is 6.54 Å². The van der Waals surface area contributed by atoms with Crippen LogP contribution in [-0.4, -0.2) is 11.5 Å². The summed E-state index contributed by atoms with van der Waals surface area (Å²) in [5, 5.41) is 1.66. The molecule has 1 aromatic rings. The Balaban J connectivity index is 2.28. The molecule has 2 rings (SSSR count). The standard InChI is InChI=1S/C11H15F3N2S/c12-11(13,14)8-6-17-9(16-8)10(7-15)4-2-1-3-5-10/h6H,1-5,7,15H2. The van der Waals surface area contributed by atoms with Gasteiger partial charge in [0, 0.05) is 17.3 Å². The molecule has 0 amide bonds. The largest absolute Gasteiger partial charge is 0.434 e. The Bertz CT molecular complexity index is 380. The van der Waals surface area contributed by atoms with Gasteiger partial charge in [-0.25, -0.2) is 4.98 Å². The Labute approximate surface area is 102 Å². The number of halogens is 3. The molecule has 1 aromatic heterocycles. The summed E-state index contributed by atoms with van der Waals surface area (Å²) in [5.74, 6) is 0. The molecule has 6 heteroatoms. The first-order valence-corrected chi connectivity index (χ1v) is 6.59. The van der Waals surface area contributed by atoms with Crippen LogP contribution in [-0.2, 0) is 11.6 Å². The molecule has 0 aromatic carbocycles. The summed E-state index contributed by atoms with van der Waals surface area (Å²) in [7, 11) is 0. The zero-order chi connectivity index (χ0) is 12.5. The van der Waals surface area contributed by atoms with Crippen LogP contribution in [0, 0.1) is 0 Å². The lowest BCUT2D eigenvalue weighted by Crippen LogP contribution is -2.37. The maximum Gasteiger partial charge on any atom is 0.434 e. The molecule has 1 saturated carbocycles. The van der Waals surface area contributed by atoms with Crippen LogP contribution in [0.2, 0.25) is 0 Å². The predicted octanol–water partition coefficient (Wildman–Crippen LogP) is 3.32. The predicted molar refractivity (Wildman–Crippen MR) is 60.9 cm³/mol. The van der Waals surface area contributed by atoms with Gasteiger partial charge >= 0.3 is 6.18 Å². The molecule has 0 atom stereocenters. The number of hydrogen-bond donors (Lipinski definition) is 1. The van der Waals surface area contributed by atoms with Gasteiger partial charge in [0.05, 0.1) is 0 Å². The molecule has 0 spiro atoms. The minimum atomic E-state index is -4.35. The number of aromatic nitrogens is 1. The second-order valence-electron chi connectivity index (χ2n) is 4.58. The summed E-state index contributed by atoms with van der Waals surface area (Å²) < 4.78 is 37.5. The van der Waals surface area contributed by atoms with Crippen LogP contribution in [0.1, 0.15) is 42.8 Å². The van der Waals surface area contributed by atoms with E-state index in [9.17, 15) is 13.2 Å². The van der Waals surface area contributed by atoms with E-state index < -0.39 is 11.9 Å². The molecule has 2 N–H and O–H groups in total. The summed E-state index contributed by atoms with van der Waals surface area (Å²) in [5.41, 5.74) is 4.68. The van der Waals surface area contributed by atoms with Crippen LogP contribution in [0.4, 0.5) is 13.2 Å². The van der Waals surface area contributed by atoms with Crippen LogP contribution < -0.4 is 5.73 Å². The normalized spacial score (nSPS) is 20.5. The van der Waals surface area contributed by atoms with Crippen LogP contribution >= 0.6 is 11.3 Å². The van der Waals surface area contributed by atoms with Crippen molar-refractivity contribution in [3.63, 3.8) is 0 Å². The number of nitrogens with zero attached hydrogens (tertiary/aromatic N) is 1. The van der Waals surface area contributed by atoms with Crippen molar-refractivity contribution >= 4 is 11.3 Å². The van der Waals surface area contributed by atoms with Crippen molar-refractivity contribution in [3.05, 3.63) is 16.1 Å². The number of thiazole rings is 1. The summed E-state index contributed by atoms with van der Waals surface area (Å²) in [4.78, 5) is 3.76. The Morgan fingerprint density at radius 3 is 2.41 bits per heavy atom. The first-order chi connectivity index (χ1) is 7.98. The van der Waals surface area contributed by atoms with Gasteiger partial charge in [0.1, 0.15) is 5.01 Å². The van der Waals surface area contributed by atoms with E-state index in [-0.39, 0.29) is 5.41 Å². The van der Waals surface area contributed by atoms with Gasteiger partial charge in [0.25, 0.3) is 0 Å². The van der Waals surface area contributed by atoms with E-state index in [0.29, 0.717) is 11.6 Å². The molecule has 1 fully saturated rings. The van der Waals surface area contributed by atoms with E-state index in [2.05, 4.69) is 4.98 Å². The zero-order valence-electron chi connectivity index (χ0n) is 9.39. The molecule has 0 saturated heterocycles. The summed E-state index contributed by atoms with van der Waals surface area (Å²) >= 11 is 1.10. The highest BCUT2D eigenvalue weighted by molar-refractivity contribution is 7.09. The summed E-state index contributed by atoms with van der Waals surface area (Å²) in [6.07, 6.45) is 0.553.